The van der Waals surface area contributed by atoms with E-state index < -0.39 is 0 Å². The minimum Gasteiger partial charge on any atom is -0.310 e. The Bertz CT molecular complexity index is 963. The molecule has 1 saturated heterocycles. The van der Waals surface area contributed by atoms with Gasteiger partial charge in [-0.1, -0.05) is 18.2 Å². The summed E-state index contributed by atoms with van der Waals surface area (Å²) >= 11 is 0. The molecule has 6 nitrogen and oxygen atoms in total. The summed E-state index contributed by atoms with van der Waals surface area (Å²) in [6.45, 7) is 1.95. The van der Waals surface area contributed by atoms with E-state index in [1.807, 2.05) is 4.68 Å². The number of piperidine rings is 1. The van der Waals surface area contributed by atoms with Gasteiger partial charge in [-0.15, -0.1) is 0 Å². The summed E-state index contributed by atoms with van der Waals surface area (Å²) in [6.07, 6.45) is 3.92. The van der Waals surface area contributed by atoms with Crippen LogP contribution in [0, 0.1) is 5.82 Å². The third-order valence-electron chi connectivity index (χ3n) is 4.77. The van der Waals surface area contributed by atoms with E-state index in [9.17, 15) is 9.18 Å². The van der Waals surface area contributed by atoms with Gasteiger partial charge in [0, 0.05) is 13.0 Å². The number of hydrogen-bond acceptors (Lipinski definition) is 4. The Morgan fingerprint density at radius 1 is 1.36 bits per heavy atom. The molecular weight excluding hydrogens is 321 g/mol. The molecule has 130 valence electrons. The molecule has 0 spiro atoms. The summed E-state index contributed by atoms with van der Waals surface area (Å²) in [5, 5.41) is 4.89. The van der Waals surface area contributed by atoms with Crippen molar-refractivity contribution in [3.63, 3.8) is 0 Å². The van der Waals surface area contributed by atoms with Gasteiger partial charge in [-0.3, -0.25) is 4.79 Å². The van der Waals surface area contributed by atoms with Crippen LogP contribution in [-0.2, 0) is 6.42 Å². The molecule has 4 rings (SSSR count). The highest BCUT2D eigenvalue weighted by molar-refractivity contribution is 5.73. The van der Waals surface area contributed by atoms with Crippen LogP contribution in [-0.4, -0.2) is 44.8 Å². The number of H-pyrrole nitrogens is 1. The Morgan fingerprint density at radius 2 is 2.20 bits per heavy atom. The summed E-state index contributed by atoms with van der Waals surface area (Å²) in [7, 11) is 2.09. The molecule has 1 aromatic carbocycles. The quantitative estimate of drug-likeness (QED) is 0.792. The minimum atomic E-state index is -0.298. The zero-order valence-corrected chi connectivity index (χ0v) is 14.1. The van der Waals surface area contributed by atoms with Gasteiger partial charge in [0.05, 0.1) is 12.2 Å². The van der Waals surface area contributed by atoms with Crippen molar-refractivity contribution in [3.8, 4) is 0 Å². The van der Waals surface area contributed by atoms with Gasteiger partial charge in [0.25, 0.3) is 5.56 Å². The molecule has 1 N–H and O–H groups in total. The molecule has 3 heterocycles. The van der Waals surface area contributed by atoms with Gasteiger partial charge in [-0.25, -0.2) is 14.1 Å². The van der Waals surface area contributed by atoms with E-state index in [-0.39, 0.29) is 23.8 Å². The van der Waals surface area contributed by atoms with Crippen LogP contribution >= 0.6 is 0 Å². The van der Waals surface area contributed by atoms with Crippen LogP contribution < -0.4 is 5.56 Å². The first-order chi connectivity index (χ1) is 12.1. The van der Waals surface area contributed by atoms with E-state index in [4.69, 9.17) is 0 Å². The van der Waals surface area contributed by atoms with E-state index in [0.717, 1.165) is 25.9 Å². The molecule has 0 bridgehead atoms. The largest absolute Gasteiger partial charge is 0.310 e. The van der Waals surface area contributed by atoms with Crippen LogP contribution in [0.4, 0.5) is 4.39 Å². The number of likely N-dealkylation sites (N-methyl/N-ethyl adjacent to an activating group) is 1. The highest BCUT2D eigenvalue weighted by atomic mass is 19.1. The Morgan fingerprint density at radius 3 is 3.00 bits per heavy atom. The first-order valence-corrected chi connectivity index (χ1v) is 8.50. The molecule has 25 heavy (non-hydrogen) atoms. The van der Waals surface area contributed by atoms with Crippen LogP contribution in [0.1, 0.15) is 30.3 Å². The molecule has 0 radical (unpaired) electrons. The van der Waals surface area contributed by atoms with Crippen molar-refractivity contribution < 1.29 is 4.39 Å². The molecule has 0 aliphatic carbocycles. The normalized spacial score (nSPS) is 18.7. The zero-order chi connectivity index (χ0) is 17.4. The van der Waals surface area contributed by atoms with E-state index in [1.165, 1.54) is 6.07 Å². The summed E-state index contributed by atoms with van der Waals surface area (Å²) in [6, 6.07) is 6.73. The predicted octanol–water partition coefficient (Wildman–Crippen LogP) is 2.12. The molecule has 1 aliphatic heterocycles. The number of hydrogen-bond donors (Lipinski definition) is 1. The van der Waals surface area contributed by atoms with Crippen LogP contribution in [0.5, 0.6) is 0 Å². The number of halogens is 1. The summed E-state index contributed by atoms with van der Waals surface area (Å²) in [4.78, 5) is 22.0. The third-order valence-corrected chi connectivity index (χ3v) is 4.77. The van der Waals surface area contributed by atoms with Crippen molar-refractivity contribution in [1.82, 2.24) is 24.6 Å². The third kappa shape index (κ3) is 3.07. The second kappa shape index (κ2) is 6.40. The monoisotopic (exact) mass is 341 g/mol. The SMILES string of the molecule is CN1CCCC(n2ncc3c(=O)[nH]c(Cc4ccccc4F)nc32)C1. The number of nitrogens with one attached hydrogen (secondary N) is 1. The van der Waals surface area contributed by atoms with Crippen LogP contribution in [0.2, 0.25) is 0 Å². The van der Waals surface area contributed by atoms with E-state index in [2.05, 4.69) is 27.0 Å². The fraction of sp³-hybridized carbons (Fsp3) is 0.389. The molecule has 1 fully saturated rings. The summed E-state index contributed by atoms with van der Waals surface area (Å²) in [5.74, 6) is 0.154. The number of nitrogens with zero attached hydrogens (tertiary/aromatic N) is 4. The summed E-state index contributed by atoms with van der Waals surface area (Å²) in [5.41, 5.74) is 0.857. The predicted molar refractivity (Wildman–Crippen MR) is 93.1 cm³/mol. The van der Waals surface area contributed by atoms with Crippen LogP contribution in [0.3, 0.4) is 0 Å². The number of fused-ring (bicyclic) bond motifs is 1. The highest BCUT2D eigenvalue weighted by Crippen LogP contribution is 2.23. The Kier molecular flexibility index (Phi) is 4.09. The Balaban J connectivity index is 1.74. The number of benzene rings is 1. The average molecular weight is 341 g/mol. The van der Waals surface area contributed by atoms with E-state index in [1.54, 1.807) is 24.4 Å². The minimum absolute atomic E-state index is 0.201. The number of rotatable bonds is 3. The lowest BCUT2D eigenvalue weighted by molar-refractivity contribution is 0.205. The maximum absolute atomic E-state index is 13.9. The molecule has 7 heteroatoms. The topological polar surface area (TPSA) is 66.8 Å². The second-order valence-electron chi connectivity index (χ2n) is 6.67. The average Bonchev–Trinajstić information content (AvgIpc) is 3.01. The number of aromatic nitrogens is 4. The van der Waals surface area contributed by atoms with Gasteiger partial charge in [-0.05, 0) is 38.1 Å². The number of likely N-dealkylation sites (tertiary alicyclic amines) is 1. The highest BCUT2D eigenvalue weighted by Gasteiger charge is 2.22. The van der Waals surface area contributed by atoms with Crippen molar-refractivity contribution in [1.29, 1.82) is 0 Å². The van der Waals surface area contributed by atoms with Crippen molar-refractivity contribution in [2.45, 2.75) is 25.3 Å². The molecule has 1 unspecified atom stereocenters. The lowest BCUT2D eigenvalue weighted by atomic mass is 10.1. The Hall–Kier alpha value is -2.54. The maximum atomic E-state index is 13.9. The molecule has 1 aliphatic rings. The maximum Gasteiger partial charge on any atom is 0.262 e. The Labute approximate surface area is 144 Å². The van der Waals surface area contributed by atoms with Gasteiger partial charge < -0.3 is 9.88 Å². The lowest BCUT2D eigenvalue weighted by Crippen LogP contribution is -2.34. The van der Waals surface area contributed by atoms with Gasteiger partial charge in [0.2, 0.25) is 0 Å². The van der Waals surface area contributed by atoms with Crippen molar-refractivity contribution in [2.24, 2.45) is 0 Å². The van der Waals surface area contributed by atoms with Crippen molar-refractivity contribution >= 4 is 11.0 Å². The van der Waals surface area contributed by atoms with E-state index >= 15 is 0 Å². The first kappa shape index (κ1) is 16.0. The second-order valence-corrected chi connectivity index (χ2v) is 6.67. The molecule has 2 aromatic heterocycles. The first-order valence-electron chi connectivity index (χ1n) is 8.50. The summed E-state index contributed by atoms with van der Waals surface area (Å²) < 4.78 is 15.8. The molecule has 0 saturated carbocycles. The fourth-order valence-corrected chi connectivity index (χ4v) is 3.49. The van der Waals surface area contributed by atoms with Gasteiger partial charge >= 0.3 is 0 Å². The van der Waals surface area contributed by atoms with Gasteiger partial charge in [-0.2, -0.15) is 5.10 Å². The molecular formula is C18H20FN5O. The molecule has 3 aromatic rings. The zero-order valence-electron chi connectivity index (χ0n) is 14.1. The van der Waals surface area contributed by atoms with Gasteiger partial charge in [0.15, 0.2) is 5.65 Å². The van der Waals surface area contributed by atoms with E-state index in [0.29, 0.717) is 22.4 Å². The van der Waals surface area contributed by atoms with Crippen molar-refractivity contribution in [2.75, 3.05) is 20.1 Å². The van der Waals surface area contributed by atoms with Crippen LogP contribution in [0.25, 0.3) is 11.0 Å². The standard InChI is InChI=1S/C18H20FN5O/c1-23-8-4-6-13(11-23)24-17-14(10-20-24)18(25)22-16(21-17)9-12-5-2-3-7-15(12)19/h2-3,5,7,10,13H,4,6,8-9,11H2,1H3,(H,21,22,25). The fourth-order valence-electron chi connectivity index (χ4n) is 3.49. The van der Waals surface area contributed by atoms with Gasteiger partial charge in [0.1, 0.15) is 17.0 Å². The van der Waals surface area contributed by atoms with Crippen molar-refractivity contribution in [3.05, 3.63) is 58.0 Å². The molecule has 1 atom stereocenters. The lowest BCUT2D eigenvalue weighted by Gasteiger charge is -2.29. The number of aromatic amines is 1. The smallest absolute Gasteiger partial charge is 0.262 e. The molecule has 0 amide bonds. The van der Waals surface area contributed by atoms with Crippen LogP contribution in [0.15, 0.2) is 35.3 Å².